The Labute approximate surface area is 55.1 Å². The highest BCUT2D eigenvalue weighted by Crippen LogP contribution is 2.34. The number of hydrogen-bond acceptors (Lipinski definition) is 2. The van der Waals surface area contributed by atoms with Gasteiger partial charge in [-0.15, -0.1) is 0 Å². The highest BCUT2D eigenvalue weighted by molar-refractivity contribution is 4.90. The third kappa shape index (κ3) is 0.775. The summed E-state index contributed by atoms with van der Waals surface area (Å²) >= 11 is 0. The molecule has 52 valence electrons. The molecule has 2 heteroatoms. The van der Waals surface area contributed by atoms with Crippen LogP contribution in [0.5, 0.6) is 0 Å². The summed E-state index contributed by atoms with van der Waals surface area (Å²) in [5.41, 5.74) is 0. The van der Waals surface area contributed by atoms with E-state index in [1.165, 1.54) is 6.42 Å². The molecule has 2 nitrogen and oxygen atoms in total. The summed E-state index contributed by atoms with van der Waals surface area (Å²) in [6.07, 6.45) is 2.07. The van der Waals surface area contributed by atoms with Crippen molar-refractivity contribution < 1.29 is 9.47 Å². The molecule has 1 aliphatic carbocycles. The molecule has 0 N–H and O–H groups in total. The van der Waals surface area contributed by atoms with E-state index in [9.17, 15) is 0 Å². The Bertz CT molecular complexity index is 111. The first-order valence-corrected chi connectivity index (χ1v) is 3.61. The van der Waals surface area contributed by atoms with Gasteiger partial charge in [-0.1, -0.05) is 6.92 Å². The van der Waals surface area contributed by atoms with Crippen LogP contribution in [0, 0.1) is 5.92 Å². The van der Waals surface area contributed by atoms with E-state index < -0.39 is 0 Å². The van der Waals surface area contributed by atoms with Crippen molar-refractivity contribution in [1.82, 2.24) is 0 Å². The van der Waals surface area contributed by atoms with Crippen molar-refractivity contribution in [3.8, 4) is 0 Å². The van der Waals surface area contributed by atoms with Crippen LogP contribution in [-0.2, 0) is 9.47 Å². The van der Waals surface area contributed by atoms with Gasteiger partial charge in [-0.3, -0.25) is 0 Å². The summed E-state index contributed by atoms with van der Waals surface area (Å²) in [6.45, 7) is 3.81. The molecule has 2 fully saturated rings. The summed E-state index contributed by atoms with van der Waals surface area (Å²) in [6, 6.07) is 0. The molecular formula is C7H12O2. The Morgan fingerprint density at radius 1 is 1.22 bits per heavy atom. The Morgan fingerprint density at radius 3 is 2.56 bits per heavy atom. The Hall–Kier alpha value is -0.0800. The quantitative estimate of drug-likeness (QED) is 0.480. The molecule has 0 spiro atoms. The van der Waals surface area contributed by atoms with Gasteiger partial charge >= 0.3 is 0 Å². The van der Waals surface area contributed by atoms with Crippen LogP contribution < -0.4 is 0 Å². The van der Waals surface area contributed by atoms with Gasteiger partial charge in [0.25, 0.3) is 0 Å². The lowest BCUT2D eigenvalue weighted by atomic mass is 9.80. The minimum Gasteiger partial charge on any atom is -0.373 e. The van der Waals surface area contributed by atoms with Crippen LogP contribution in [0.15, 0.2) is 0 Å². The lowest BCUT2D eigenvalue weighted by Crippen LogP contribution is -2.52. The predicted octanol–water partition coefficient (Wildman–Crippen LogP) is 0.810. The summed E-state index contributed by atoms with van der Waals surface area (Å²) in [5.74, 6) is 0.732. The predicted molar refractivity (Wildman–Crippen MR) is 33.3 cm³/mol. The third-order valence-corrected chi connectivity index (χ3v) is 2.26. The number of ether oxygens (including phenoxy) is 2. The summed E-state index contributed by atoms with van der Waals surface area (Å²) in [4.78, 5) is 0. The molecule has 1 saturated carbocycles. The SMILES string of the molecule is C[C@@H]1C[C@@H]2OCCO[C@H]12. The number of rotatable bonds is 0. The fraction of sp³-hybridized carbons (Fsp3) is 1.00. The summed E-state index contributed by atoms with van der Waals surface area (Å²) in [5, 5.41) is 0. The number of fused-ring (bicyclic) bond motifs is 1. The van der Waals surface area contributed by atoms with Crippen LogP contribution in [0.2, 0.25) is 0 Å². The molecule has 1 heterocycles. The average Bonchev–Trinajstić information content (AvgIpc) is 1.86. The van der Waals surface area contributed by atoms with E-state index in [1.54, 1.807) is 0 Å². The Morgan fingerprint density at radius 2 is 2.00 bits per heavy atom. The smallest absolute Gasteiger partial charge is 0.0864 e. The zero-order chi connectivity index (χ0) is 6.27. The first-order chi connectivity index (χ1) is 4.38. The van der Waals surface area contributed by atoms with Gasteiger partial charge in [-0.25, -0.2) is 0 Å². The van der Waals surface area contributed by atoms with E-state index in [2.05, 4.69) is 6.92 Å². The lowest BCUT2D eigenvalue weighted by Gasteiger charge is -2.45. The van der Waals surface area contributed by atoms with Crippen LogP contribution in [0.3, 0.4) is 0 Å². The molecule has 0 amide bonds. The number of hydrogen-bond donors (Lipinski definition) is 0. The van der Waals surface area contributed by atoms with E-state index in [0.29, 0.717) is 12.2 Å². The van der Waals surface area contributed by atoms with Crippen LogP contribution in [0.4, 0.5) is 0 Å². The molecule has 2 rings (SSSR count). The van der Waals surface area contributed by atoms with Gasteiger partial charge in [-0.2, -0.15) is 0 Å². The minimum absolute atomic E-state index is 0.429. The van der Waals surface area contributed by atoms with Crippen molar-refractivity contribution in [2.24, 2.45) is 5.92 Å². The molecule has 1 aliphatic heterocycles. The second-order valence-electron chi connectivity index (χ2n) is 2.96. The van der Waals surface area contributed by atoms with E-state index in [1.807, 2.05) is 0 Å². The van der Waals surface area contributed by atoms with E-state index in [0.717, 1.165) is 19.1 Å². The van der Waals surface area contributed by atoms with Crippen molar-refractivity contribution in [1.29, 1.82) is 0 Å². The monoisotopic (exact) mass is 128 g/mol. The largest absolute Gasteiger partial charge is 0.373 e. The molecule has 2 aliphatic rings. The van der Waals surface area contributed by atoms with E-state index in [4.69, 9.17) is 9.47 Å². The minimum atomic E-state index is 0.429. The molecule has 0 radical (unpaired) electrons. The van der Waals surface area contributed by atoms with Gasteiger partial charge in [0.05, 0.1) is 25.4 Å². The summed E-state index contributed by atoms with van der Waals surface area (Å²) < 4.78 is 10.9. The molecule has 0 bridgehead atoms. The molecule has 0 aromatic heterocycles. The van der Waals surface area contributed by atoms with Crippen molar-refractivity contribution in [3.05, 3.63) is 0 Å². The highest BCUT2D eigenvalue weighted by Gasteiger charge is 2.41. The van der Waals surface area contributed by atoms with Gasteiger partial charge in [0, 0.05) is 0 Å². The van der Waals surface area contributed by atoms with Crippen molar-refractivity contribution >= 4 is 0 Å². The molecule has 1 saturated heterocycles. The molecule has 9 heavy (non-hydrogen) atoms. The zero-order valence-corrected chi connectivity index (χ0v) is 5.67. The lowest BCUT2D eigenvalue weighted by molar-refractivity contribution is -0.211. The average molecular weight is 128 g/mol. The van der Waals surface area contributed by atoms with Crippen molar-refractivity contribution in [3.63, 3.8) is 0 Å². The molecule has 0 unspecified atom stereocenters. The molecule has 3 atom stereocenters. The van der Waals surface area contributed by atoms with Crippen LogP contribution in [-0.4, -0.2) is 25.4 Å². The first kappa shape index (κ1) is 5.69. The van der Waals surface area contributed by atoms with Crippen LogP contribution in [0.25, 0.3) is 0 Å². The maximum atomic E-state index is 5.46. The first-order valence-electron chi connectivity index (χ1n) is 3.61. The second-order valence-corrected chi connectivity index (χ2v) is 2.96. The third-order valence-electron chi connectivity index (χ3n) is 2.26. The van der Waals surface area contributed by atoms with Crippen LogP contribution in [0.1, 0.15) is 13.3 Å². The zero-order valence-electron chi connectivity index (χ0n) is 5.67. The van der Waals surface area contributed by atoms with Gasteiger partial charge in [-0.05, 0) is 12.3 Å². The van der Waals surface area contributed by atoms with Crippen LogP contribution >= 0.6 is 0 Å². The molecule has 0 aromatic rings. The van der Waals surface area contributed by atoms with Gasteiger partial charge in [0.1, 0.15) is 0 Å². The highest BCUT2D eigenvalue weighted by atomic mass is 16.6. The van der Waals surface area contributed by atoms with Crippen molar-refractivity contribution in [2.45, 2.75) is 25.6 Å². The maximum absolute atomic E-state index is 5.46. The summed E-state index contributed by atoms with van der Waals surface area (Å²) in [7, 11) is 0. The van der Waals surface area contributed by atoms with Gasteiger partial charge in [0.15, 0.2) is 0 Å². The maximum Gasteiger partial charge on any atom is 0.0864 e. The van der Waals surface area contributed by atoms with E-state index >= 15 is 0 Å². The van der Waals surface area contributed by atoms with Gasteiger partial charge in [0.2, 0.25) is 0 Å². The standard InChI is InChI=1S/C7H12O2/c1-5-4-6-7(5)9-3-2-8-6/h5-7H,2-4H2,1H3/t5-,6+,7-/m1/s1. The Kier molecular flexibility index (Phi) is 1.24. The molecule has 0 aromatic carbocycles. The van der Waals surface area contributed by atoms with Crippen molar-refractivity contribution in [2.75, 3.05) is 13.2 Å². The molecular weight excluding hydrogens is 116 g/mol. The Balaban J connectivity index is 1.94. The van der Waals surface area contributed by atoms with E-state index in [-0.39, 0.29) is 0 Å². The second kappa shape index (κ2) is 1.96. The fourth-order valence-corrected chi connectivity index (χ4v) is 1.62. The van der Waals surface area contributed by atoms with Gasteiger partial charge < -0.3 is 9.47 Å². The fourth-order valence-electron chi connectivity index (χ4n) is 1.62. The normalized spacial score (nSPS) is 49.7. The topological polar surface area (TPSA) is 18.5 Å².